The number of halogens is 2. The fourth-order valence-electron chi connectivity index (χ4n) is 4.17. The van der Waals surface area contributed by atoms with Gasteiger partial charge in [-0.3, -0.25) is 0 Å². The van der Waals surface area contributed by atoms with E-state index in [2.05, 4.69) is 10.4 Å². The third kappa shape index (κ3) is 4.28. The maximum atomic E-state index is 13.4. The third-order valence-corrected chi connectivity index (χ3v) is 6.19. The number of ether oxygens (including phenoxy) is 1. The molecule has 1 aliphatic rings. The SMILES string of the molecule is COc1cc(Nc2nc3n(n2)CCCCC3c2ccc(F)cc2)ccc1-n1c[n+](C)c(Cl)n1. The molecule has 0 radical (unpaired) electrons. The summed E-state index contributed by atoms with van der Waals surface area (Å²) >= 11 is 6.08. The number of hydrogen-bond acceptors (Lipinski definition) is 5. The topological polar surface area (TPSA) is 73.7 Å². The first-order chi connectivity index (χ1) is 16.0. The van der Waals surface area contributed by atoms with Crippen LogP contribution in [0.2, 0.25) is 5.28 Å². The van der Waals surface area contributed by atoms with Gasteiger partial charge in [-0.05, 0) is 54.3 Å². The number of rotatable bonds is 5. The average molecular weight is 469 g/mol. The van der Waals surface area contributed by atoms with Gasteiger partial charge in [0.2, 0.25) is 12.3 Å². The fourth-order valence-corrected chi connectivity index (χ4v) is 4.29. The van der Waals surface area contributed by atoms with E-state index < -0.39 is 0 Å². The van der Waals surface area contributed by atoms with Crippen LogP contribution in [0.1, 0.15) is 36.6 Å². The summed E-state index contributed by atoms with van der Waals surface area (Å²) in [6, 6.07) is 12.4. The highest BCUT2D eigenvalue weighted by Crippen LogP contribution is 2.33. The van der Waals surface area contributed by atoms with Gasteiger partial charge >= 0.3 is 5.28 Å². The Bertz CT molecular complexity index is 1270. The van der Waals surface area contributed by atoms with Gasteiger partial charge in [0.25, 0.3) is 0 Å². The zero-order chi connectivity index (χ0) is 22.9. The lowest BCUT2D eigenvalue weighted by Gasteiger charge is -2.14. The van der Waals surface area contributed by atoms with Crippen LogP contribution in [0, 0.1) is 5.82 Å². The summed E-state index contributed by atoms with van der Waals surface area (Å²) in [7, 11) is 3.43. The van der Waals surface area contributed by atoms with Crippen LogP contribution in [-0.2, 0) is 13.6 Å². The zero-order valence-corrected chi connectivity index (χ0v) is 19.1. The predicted octanol–water partition coefficient (Wildman–Crippen LogP) is 4.15. The van der Waals surface area contributed by atoms with Gasteiger partial charge < -0.3 is 10.1 Å². The van der Waals surface area contributed by atoms with Crippen molar-refractivity contribution < 1.29 is 13.7 Å². The molecule has 0 spiro atoms. The van der Waals surface area contributed by atoms with Crippen molar-refractivity contribution in [2.45, 2.75) is 31.7 Å². The Balaban J connectivity index is 1.43. The molecule has 5 rings (SSSR count). The van der Waals surface area contributed by atoms with Gasteiger partial charge in [0.1, 0.15) is 11.6 Å². The van der Waals surface area contributed by atoms with Crippen molar-refractivity contribution in [3.63, 3.8) is 0 Å². The Labute approximate surface area is 195 Å². The molecule has 1 atom stereocenters. The van der Waals surface area contributed by atoms with E-state index >= 15 is 0 Å². The summed E-state index contributed by atoms with van der Waals surface area (Å²) in [6.07, 6.45) is 4.83. The number of anilines is 2. The Morgan fingerprint density at radius 3 is 2.70 bits per heavy atom. The molecule has 0 fully saturated rings. The van der Waals surface area contributed by atoms with Crippen molar-refractivity contribution in [1.82, 2.24) is 24.5 Å². The fraction of sp³-hybridized carbons (Fsp3) is 0.304. The highest BCUT2D eigenvalue weighted by atomic mass is 35.5. The van der Waals surface area contributed by atoms with E-state index in [1.54, 1.807) is 22.7 Å². The van der Waals surface area contributed by atoms with E-state index in [0.717, 1.165) is 48.6 Å². The van der Waals surface area contributed by atoms with E-state index in [0.29, 0.717) is 17.0 Å². The molecule has 33 heavy (non-hydrogen) atoms. The molecule has 10 heteroatoms. The van der Waals surface area contributed by atoms with Crippen molar-refractivity contribution >= 4 is 23.2 Å². The molecule has 1 unspecified atom stereocenters. The number of aromatic nitrogens is 6. The molecule has 170 valence electrons. The van der Waals surface area contributed by atoms with Gasteiger partial charge in [-0.15, -0.1) is 5.10 Å². The highest BCUT2D eigenvalue weighted by Gasteiger charge is 2.25. The number of hydrogen-bond donors (Lipinski definition) is 1. The summed E-state index contributed by atoms with van der Waals surface area (Å²) in [5, 5.41) is 12.6. The van der Waals surface area contributed by atoms with E-state index in [-0.39, 0.29) is 11.7 Å². The predicted molar refractivity (Wildman–Crippen MR) is 122 cm³/mol. The first-order valence-electron chi connectivity index (χ1n) is 10.8. The zero-order valence-electron chi connectivity index (χ0n) is 18.4. The second kappa shape index (κ2) is 8.82. The Hall–Kier alpha value is -3.46. The molecule has 3 heterocycles. The number of aryl methyl sites for hydroxylation is 2. The lowest BCUT2D eigenvalue weighted by molar-refractivity contribution is -0.669. The van der Waals surface area contributed by atoms with Crippen LogP contribution in [0.25, 0.3) is 5.69 Å². The van der Waals surface area contributed by atoms with Crippen LogP contribution in [0.3, 0.4) is 0 Å². The summed E-state index contributed by atoms with van der Waals surface area (Å²) < 4.78 is 24.3. The van der Waals surface area contributed by atoms with E-state index in [4.69, 9.17) is 26.4 Å². The van der Waals surface area contributed by atoms with Crippen molar-refractivity contribution in [2.75, 3.05) is 12.4 Å². The number of methoxy groups -OCH3 is 1. The van der Waals surface area contributed by atoms with Crippen LogP contribution in [0.15, 0.2) is 48.8 Å². The molecule has 0 saturated heterocycles. The molecule has 0 amide bonds. The third-order valence-electron chi connectivity index (χ3n) is 5.84. The molecule has 1 aliphatic heterocycles. The van der Waals surface area contributed by atoms with Gasteiger partial charge in [-0.1, -0.05) is 23.2 Å². The summed E-state index contributed by atoms with van der Waals surface area (Å²) in [5.74, 6) is 1.88. The largest absolute Gasteiger partial charge is 0.493 e. The standard InChI is InChI=1S/C23H24ClFN7O/c1-30-14-32(28-22(30)24)19-11-10-17(13-20(19)33-2)26-23-27-21-18(5-3-4-12-31(21)29-23)15-6-8-16(25)9-7-15/h6-11,13-14,18H,3-5,12H2,1-2H3,(H,26,29)/q+1. The van der Waals surface area contributed by atoms with Gasteiger partial charge in [0, 0.05) is 24.2 Å². The molecule has 0 saturated carbocycles. The molecule has 1 N–H and O–H groups in total. The molecule has 0 bridgehead atoms. The van der Waals surface area contributed by atoms with Crippen LogP contribution in [0.5, 0.6) is 5.75 Å². The number of benzene rings is 2. The van der Waals surface area contributed by atoms with Gasteiger partial charge in [0.05, 0.1) is 19.3 Å². The van der Waals surface area contributed by atoms with Crippen LogP contribution in [-0.4, -0.2) is 31.7 Å². The summed E-state index contributed by atoms with van der Waals surface area (Å²) in [5.41, 5.74) is 2.60. The minimum atomic E-state index is -0.236. The van der Waals surface area contributed by atoms with E-state index in [1.807, 2.05) is 42.1 Å². The number of nitrogens with zero attached hydrogens (tertiary/aromatic N) is 6. The molecule has 0 aliphatic carbocycles. The second-order valence-electron chi connectivity index (χ2n) is 8.07. The maximum absolute atomic E-state index is 13.4. The number of fused-ring (bicyclic) bond motifs is 1. The minimum Gasteiger partial charge on any atom is -0.493 e. The first-order valence-corrected chi connectivity index (χ1v) is 11.2. The van der Waals surface area contributed by atoms with Crippen molar-refractivity contribution in [3.8, 4) is 11.4 Å². The Morgan fingerprint density at radius 2 is 1.97 bits per heavy atom. The van der Waals surface area contributed by atoms with Gasteiger partial charge in [-0.25, -0.2) is 13.6 Å². The first kappa shape index (κ1) is 21.4. The second-order valence-corrected chi connectivity index (χ2v) is 8.41. The minimum absolute atomic E-state index is 0.0818. The molecular weight excluding hydrogens is 445 g/mol. The van der Waals surface area contributed by atoms with Crippen molar-refractivity contribution in [2.24, 2.45) is 7.05 Å². The lowest BCUT2D eigenvalue weighted by atomic mass is 9.93. The lowest BCUT2D eigenvalue weighted by Crippen LogP contribution is -2.26. The monoisotopic (exact) mass is 468 g/mol. The molecule has 2 aromatic carbocycles. The van der Waals surface area contributed by atoms with Crippen molar-refractivity contribution in [3.05, 3.63) is 71.3 Å². The quantitative estimate of drug-likeness (QED) is 0.445. The maximum Gasteiger partial charge on any atom is 0.372 e. The molecule has 8 nitrogen and oxygen atoms in total. The van der Waals surface area contributed by atoms with Crippen LogP contribution >= 0.6 is 11.6 Å². The molecular formula is C23H24ClFN7O+. The van der Waals surface area contributed by atoms with E-state index in [9.17, 15) is 4.39 Å². The van der Waals surface area contributed by atoms with Crippen LogP contribution < -0.4 is 14.6 Å². The van der Waals surface area contributed by atoms with Gasteiger partial charge in [-0.2, -0.15) is 4.98 Å². The van der Waals surface area contributed by atoms with E-state index in [1.165, 1.54) is 12.1 Å². The summed E-state index contributed by atoms with van der Waals surface area (Å²) in [6.45, 7) is 0.807. The summed E-state index contributed by atoms with van der Waals surface area (Å²) in [4.78, 5) is 4.81. The molecule has 2 aromatic heterocycles. The van der Waals surface area contributed by atoms with Crippen LogP contribution in [0.4, 0.5) is 16.0 Å². The Kier molecular flexibility index (Phi) is 5.72. The average Bonchev–Trinajstić information content (AvgIpc) is 3.30. The van der Waals surface area contributed by atoms with Gasteiger partial charge in [0.15, 0.2) is 11.4 Å². The normalized spacial score (nSPS) is 15.7. The molecule has 4 aromatic rings. The number of nitrogens with one attached hydrogen (secondary N) is 1. The Morgan fingerprint density at radius 1 is 1.15 bits per heavy atom. The van der Waals surface area contributed by atoms with Crippen molar-refractivity contribution in [1.29, 1.82) is 0 Å². The smallest absolute Gasteiger partial charge is 0.372 e. The highest BCUT2D eigenvalue weighted by molar-refractivity contribution is 6.27.